The summed E-state index contributed by atoms with van der Waals surface area (Å²) in [4.78, 5) is 11.0. The highest BCUT2D eigenvalue weighted by Crippen LogP contribution is 2.43. The summed E-state index contributed by atoms with van der Waals surface area (Å²) < 4.78 is 47.5. The van der Waals surface area contributed by atoms with E-state index >= 15 is 0 Å². The molecule has 0 unspecified atom stereocenters. The Labute approximate surface area is 132 Å². The molecule has 23 heavy (non-hydrogen) atoms. The lowest BCUT2D eigenvalue weighted by Crippen LogP contribution is -2.38. The maximum Gasteiger partial charge on any atom is 0.573 e. The molecule has 0 radical (unpaired) electrons. The van der Waals surface area contributed by atoms with Crippen molar-refractivity contribution in [2.24, 2.45) is 5.92 Å². The standard InChI is InChI=1S/C16H19F3O4/c1-10(2)15(7-3-4-8-15)22-13-9-11(14(20)21)5-6-12(13)23-16(17,18)19/h5-6,9-10H,3-4,7-8H2,1-2H3,(H,20,21)/p-1. The predicted octanol–water partition coefficient (Wildman–Crippen LogP) is 3.30. The minimum atomic E-state index is -4.89. The van der Waals surface area contributed by atoms with Crippen molar-refractivity contribution in [3.05, 3.63) is 23.8 Å². The van der Waals surface area contributed by atoms with Crippen molar-refractivity contribution in [2.45, 2.75) is 51.5 Å². The van der Waals surface area contributed by atoms with Gasteiger partial charge < -0.3 is 19.4 Å². The second-order valence-corrected chi connectivity index (χ2v) is 6.03. The number of benzene rings is 1. The van der Waals surface area contributed by atoms with E-state index in [1.165, 1.54) is 0 Å². The molecule has 4 nitrogen and oxygen atoms in total. The molecule has 0 heterocycles. The number of carboxylic acids is 1. The number of aromatic carboxylic acids is 1. The summed E-state index contributed by atoms with van der Waals surface area (Å²) in [6, 6.07) is 2.97. The second kappa shape index (κ2) is 6.29. The molecule has 7 heteroatoms. The van der Waals surface area contributed by atoms with Gasteiger partial charge in [0, 0.05) is 5.56 Å². The number of carboxylic acid groups (broad SMARTS) is 1. The lowest BCUT2D eigenvalue weighted by atomic mass is 9.88. The molecule has 1 aliphatic rings. The van der Waals surface area contributed by atoms with Gasteiger partial charge in [-0.1, -0.05) is 13.8 Å². The summed E-state index contributed by atoms with van der Waals surface area (Å²) in [6.07, 6.45) is -1.67. The minimum Gasteiger partial charge on any atom is -0.545 e. The van der Waals surface area contributed by atoms with Crippen LogP contribution in [-0.2, 0) is 0 Å². The van der Waals surface area contributed by atoms with E-state index in [0.717, 1.165) is 31.0 Å². The first-order valence-electron chi connectivity index (χ1n) is 7.43. The number of hydrogen-bond acceptors (Lipinski definition) is 4. The Balaban J connectivity index is 2.40. The lowest BCUT2D eigenvalue weighted by Gasteiger charge is -2.35. The van der Waals surface area contributed by atoms with Crippen molar-refractivity contribution in [1.82, 2.24) is 0 Å². The van der Waals surface area contributed by atoms with Gasteiger partial charge in [-0.05, 0) is 49.8 Å². The van der Waals surface area contributed by atoms with Crippen LogP contribution in [0.15, 0.2) is 18.2 Å². The molecule has 0 amide bonds. The molecule has 1 aromatic rings. The van der Waals surface area contributed by atoms with Crippen molar-refractivity contribution < 1.29 is 32.5 Å². The monoisotopic (exact) mass is 331 g/mol. The Morgan fingerprint density at radius 2 is 1.83 bits per heavy atom. The van der Waals surface area contributed by atoms with Crippen LogP contribution in [0.2, 0.25) is 0 Å². The van der Waals surface area contributed by atoms with Gasteiger partial charge in [-0.2, -0.15) is 0 Å². The minimum absolute atomic E-state index is 0.0651. The molecule has 2 rings (SSSR count). The van der Waals surface area contributed by atoms with Gasteiger partial charge in [0.2, 0.25) is 0 Å². The molecule has 1 fully saturated rings. The summed E-state index contributed by atoms with van der Waals surface area (Å²) in [5, 5.41) is 11.0. The second-order valence-electron chi connectivity index (χ2n) is 6.03. The molecule has 0 bridgehead atoms. The first-order valence-corrected chi connectivity index (χ1v) is 7.43. The third-order valence-electron chi connectivity index (χ3n) is 4.22. The molecule has 0 aromatic heterocycles. The van der Waals surface area contributed by atoms with E-state index in [9.17, 15) is 23.1 Å². The third-order valence-corrected chi connectivity index (χ3v) is 4.22. The fourth-order valence-corrected chi connectivity index (χ4v) is 2.91. The first-order chi connectivity index (χ1) is 10.6. The Bertz CT molecular complexity index is 575. The van der Waals surface area contributed by atoms with E-state index in [0.29, 0.717) is 12.8 Å². The molecule has 1 aliphatic carbocycles. The SMILES string of the molecule is CC(C)C1(Oc2cc(C(=O)[O-])ccc2OC(F)(F)F)CCCC1. The zero-order valence-electron chi connectivity index (χ0n) is 12.9. The molecular formula is C16H18F3O4-. The van der Waals surface area contributed by atoms with Gasteiger partial charge in [-0.15, -0.1) is 13.2 Å². The zero-order valence-corrected chi connectivity index (χ0v) is 12.9. The third kappa shape index (κ3) is 4.09. The van der Waals surface area contributed by atoms with Crippen LogP contribution in [0.1, 0.15) is 49.9 Å². The molecule has 1 saturated carbocycles. The molecule has 0 saturated heterocycles. The molecule has 0 atom stereocenters. The van der Waals surface area contributed by atoms with Gasteiger partial charge in [0.15, 0.2) is 11.5 Å². The van der Waals surface area contributed by atoms with Gasteiger partial charge in [0.05, 0.1) is 5.97 Å². The number of ether oxygens (including phenoxy) is 2. The number of alkyl halides is 3. The smallest absolute Gasteiger partial charge is 0.545 e. The molecule has 128 valence electrons. The summed E-state index contributed by atoms with van der Waals surface area (Å²) >= 11 is 0. The van der Waals surface area contributed by atoms with E-state index in [-0.39, 0.29) is 17.2 Å². The number of rotatable bonds is 5. The van der Waals surface area contributed by atoms with Crippen LogP contribution in [-0.4, -0.2) is 17.9 Å². The predicted molar refractivity (Wildman–Crippen MR) is 74.1 cm³/mol. The number of hydrogen-bond donors (Lipinski definition) is 0. The summed E-state index contributed by atoms with van der Waals surface area (Å²) in [5.74, 6) is -2.19. The number of halogens is 3. The summed E-state index contributed by atoms with van der Waals surface area (Å²) in [5.41, 5.74) is -0.875. The molecule has 0 aliphatic heterocycles. The van der Waals surface area contributed by atoms with Gasteiger partial charge in [0.1, 0.15) is 5.60 Å². The Morgan fingerprint density at radius 3 is 2.30 bits per heavy atom. The van der Waals surface area contributed by atoms with Crippen molar-refractivity contribution in [1.29, 1.82) is 0 Å². The van der Waals surface area contributed by atoms with Crippen LogP contribution in [0, 0.1) is 5.92 Å². The largest absolute Gasteiger partial charge is 0.573 e. The van der Waals surface area contributed by atoms with Crippen LogP contribution in [0.4, 0.5) is 13.2 Å². The fourth-order valence-electron chi connectivity index (χ4n) is 2.91. The number of carbonyl (C=O) groups excluding carboxylic acids is 1. The molecule has 1 aromatic carbocycles. The van der Waals surface area contributed by atoms with Crippen molar-refractivity contribution in [3.63, 3.8) is 0 Å². The maximum absolute atomic E-state index is 12.5. The summed E-state index contributed by atoms with van der Waals surface area (Å²) in [7, 11) is 0. The number of carbonyl (C=O) groups is 1. The lowest BCUT2D eigenvalue weighted by molar-refractivity contribution is -0.275. The van der Waals surface area contributed by atoms with Crippen LogP contribution in [0.25, 0.3) is 0 Å². The quantitative estimate of drug-likeness (QED) is 0.831. The highest BCUT2D eigenvalue weighted by Gasteiger charge is 2.40. The van der Waals surface area contributed by atoms with E-state index in [1.807, 2.05) is 13.8 Å². The van der Waals surface area contributed by atoms with Gasteiger partial charge >= 0.3 is 6.36 Å². The van der Waals surface area contributed by atoms with Crippen molar-refractivity contribution in [3.8, 4) is 11.5 Å². The van der Waals surface area contributed by atoms with E-state index in [1.54, 1.807) is 0 Å². The average Bonchev–Trinajstić information content (AvgIpc) is 2.89. The Morgan fingerprint density at radius 1 is 1.22 bits per heavy atom. The van der Waals surface area contributed by atoms with Crippen LogP contribution in [0.5, 0.6) is 11.5 Å². The molecule has 0 spiro atoms. The molecule has 0 N–H and O–H groups in total. The maximum atomic E-state index is 12.5. The van der Waals surface area contributed by atoms with Crippen LogP contribution >= 0.6 is 0 Å². The first kappa shape index (κ1) is 17.4. The Hall–Kier alpha value is -1.92. The van der Waals surface area contributed by atoms with Gasteiger partial charge in [-0.3, -0.25) is 0 Å². The van der Waals surface area contributed by atoms with Gasteiger partial charge in [0.25, 0.3) is 0 Å². The van der Waals surface area contributed by atoms with Crippen LogP contribution < -0.4 is 14.6 Å². The van der Waals surface area contributed by atoms with Crippen molar-refractivity contribution >= 4 is 5.97 Å². The average molecular weight is 331 g/mol. The highest BCUT2D eigenvalue weighted by atomic mass is 19.4. The topological polar surface area (TPSA) is 58.6 Å². The van der Waals surface area contributed by atoms with E-state index in [2.05, 4.69) is 4.74 Å². The highest BCUT2D eigenvalue weighted by molar-refractivity contribution is 5.86. The zero-order chi connectivity index (χ0) is 17.3. The molecular weight excluding hydrogens is 313 g/mol. The van der Waals surface area contributed by atoms with Crippen LogP contribution in [0.3, 0.4) is 0 Å². The fraction of sp³-hybridized carbons (Fsp3) is 0.562. The summed E-state index contributed by atoms with van der Waals surface area (Å²) in [6.45, 7) is 3.86. The van der Waals surface area contributed by atoms with Crippen molar-refractivity contribution in [2.75, 3.05) is 0 Å². The van der Waals surface area contributed by atoms with E-state index in [4.69, 9.17) is 4.74 Å². The van der Waals surface area contributed by atoms with E-state index < -0.39 is 23.7 Å². The normalized spacial score (nSPS) is 17.3. The Kier molecular flexibility index (Phi) is 4.77. The van der Waals surface area contributed by atoms with Gasteiger partial charge in [-0.25, -0.2) is 0 Å².